The second-order valence-electron chi connectivity index (χ2n) is 5.33. The Morgan fingerprint density at radius 1 is 1.05 bits per heavy atom. The highest BCUT2D eigenvalue weighted by Gasteiger charge is 2.27. The van der Waals surface area contributed by atoms with Crippen molar-refractivity contribution in [1.29, 1.82) is 0 Å². The van der Waals surface area contributed by atoms with Gasteiger partial charge in [-0.1, -0.05) is 30.3 Å². The van der Waals surface area contributed by atoms with Crippen molar-refractivity contribution in [3.63, 3.8) is 0 Å². The van der Waals surface area contributed by atoms with Gasteiger partial charge in [-0.2, -0.15) is 0 Å². The fourth-order valence-corrected chi connectivity index (χ4v) is 3.97. The summed E-state index contributed by atoms with van der Waals surface area (Å²) in [4.78, 5) is 22.7. The zero-order chi connectivity index (χ0) is 15.0. The van der Waals surface area contributed by atoms with Crippen LogP contribution in [0.3, 0.4) is 0 Å². The third-order valence-electron chi connectivity index (χ3n) is 2.85. The van der Waals surface area contributed by atoms with Gasteiger partial charge in [0.05, 0.1) is 7.11 Å². The van der Waals surface area contributed by atoms with E-state index in [1.165, 1.54) is 12.7 Å². The van der Waals surface area contributed by atoms with Crippen molar-refractivity contribution < 1.29 is 18.8 Å². The van der Waals surface area contributed by atoms with E-state index in [0.717, 1.165) is 6.04 Å². The second-order valence-corrected chi connectivity index (χ2v) is 9.40. The zero-order valence-electron chi connectivity index (χ0n) is 12.3. The minimum absolute atomic E-state index is 0.221. The van der Waals surface area contributed by atoms with Crippen LogP contribution >= 0.6 is 0 Å². The molecule has 1 aromatic carbocycles. The molecule has 20 heavy (non-hydrogen) atoms. The molecular weight excluding hydrogens is 272 g/mol. The first-order valence-corrected chi connectivity index (χ1v) is 9.87. The summed E-state index contributed by atoms with van der Waals surface area (Å²) in [6.07, 6.45) is 0.994. The fraction of sp³-hybridized carbons (Fsp3) is 0.467. The Hall–Kier alpha value is -1.62. The van der Waals surface area contributed by atoms with Gasteiger partial charge in [-0.3, -0.25) is 9.59 Å². The van der Waals surface area contributed by atoms with Crippen LogP contribution in [0.1, 0.15) is 24.8 Å². The molecule has 0 atom stereocenters. The Bertz CT molecular complexity index is 442. The van der Waals surface area contributed by atoms with Crippen LogP contribution in [0.4, 0.5) is 0 Å². The minimum Gasteiger partial charge on any atom is -0.519 e. The Morgan fingerprint density at radius 3 is 2.25 bits per heavy atom. The number of carbonyl (C=O) groups is 2. The van der Waals surface area contributed by atoms with Gasteiger partial charge in [-0.15, -0.1) is 0 Å². The van der Waals surface area contributed by atoms with Crippen molar-refractivity contribution in [2.45, 2.75) is 38.4 Å². The number of hydrogen-bond donors (Lipinski definition) is 0. The average Bonchev–Trinajstić information content (AvgIpc) is 2.38. The first-order chi connectivity index (χ1) is 9.43. The van der Waals surface area contributed by atoms with Crippen LogP contribution in [0.5, 0.6) is 0 Å². The molecule has 0 unspecified atom stereocenters. The molecule has 1 aromatic rings. The molecule has 0 spiro atoms. The first kappa shape index (κ1) is 16.4. The molecule has 0 fully saturated rings. The molecule has 1 rings (SSSR count). The maximum absolute atomic E-state index is 11.8. The lowest BCUT2D eigenvalue weighted by atomic mass is 10.2. The van der Waals surface area contributed by atoms with E-state index >= 15 is 0 Å². The van der Waals surface area contributed by atoms with Crippen molar-refractivity contribution in [2.75, 3.05) is 7.11 Å². The highest BCUT2D eigenvalue weighted by atomic mass is 28.4. The van der Waals surface area contributed by atoms with Crippen LogP contribution < -0.4 is 0 Å². The smallest absolute Gasteiger partial charge is 0.305 e. The maximum atomic E-state index is 11.8. The maximum Gasteiger partial charge on any atom is 0.305 e. The van der Waals surface area contributed by atoms with Gasteiger partial charge in [-0.05, 0) is 25.1 Å². The van der Waals surface area contributed by atoms with Crippen LogP contribution in [-0.2, 0) is 24.8 Å². The Labute approximate surface area is 121 Å². The summed E-state index contributed by atoms with van der Waals surface area (Å²) >= 11 is 0. The minimum atomic E-state index is -2.06. The Morgan fingerprint density at radius 2 is 1.65 bits per heavy atom. The number of hydrogen-bond acceptors (Lipinski definition) is 4. The van der Waals surface area contributed by atoms with Gasteiger partial charge in [0.2, 0.25) is 0 Å². The highest BCUT2D eigenvalue weighted by molar-refractivity contribution is 6.72. The summed E-state index contributed by atoms with van der Waals surface area (Å²) in [5, 5.41) is 0. The third kappa shape index (κ3) is 6.52. The Balaban J connectivity index is 2.37. The Kier molecular flexibility index (Phi) is 6.44. The monoisotopic (exact) mass is 294 g/mol. The van der Waals surface area contributed by atoms with E-state index in [2.05, 4.69) is 4.74 Å². The van der Waals surface area contributed by atoms with Crippen molar-refractivity contribution >= 4 is 20.3 Å². The predicted molar refractivity (Wildman–Crippen MR) is 79.6 cm³/mol. The number of carbonyl (C=O) groups excluding carboxylic acids is 2. The van der Waals surface area contributed by atoms with Crippen molar-refractivity contribution in [3.05, 3.63) is 35.9 Å². The second kappa shape index (κ2) is 7.84. The van der Waals surface area contributed by atoms with Crippen LogP contribution in [0.15, 0.2) is 30.3 Å². The number of ether oxygens (including phenoxy) is 1. The molecule has 0 aliphatic carbocycles. The average molecular weight is 294 g/mol. The standard InChI is InChI=1S/C15H22O4Si/c1-18-14(16)10-7-11-15(17)19-20(2,3)12-13-8-5-4-6-9-13/h4-6,8-9H,7,10-12H2,1-3H3. The van der Waals surface area contributed by atoms with Gasteiger partial charge >= 0.3 is 5.97 Å². The van der Waals surface area contributed by atoms with E-state index in [1.54, 1.807) is 0 Å². The van der Waals surface area contributed by atoms with Gasteiger partial charge in [0, 0.05) is 18.9 Å². The van der Waals surface area contributed by atoms with Gasteiger partial charge in [0.1, 0.15) is 0 Å². The number of methoxy groups -OCH3 is 1. The van der Waals surface area contributed by atoms with E-state index in [0.29, 0.717) is 6.42 Å². The highest BCUT2D eigenvalue weighted by Crippen LogP contribution is 2.14. The molecule has 0 amide bonds. The quantitative estimate of drug-likeness (QED) is 0.573. The lowest BCUT2D eigenvalue weighted by molar-refractivity contribution is -0.141. The van der Waals surface area contributed by atoms with E-state index in [9.17, 15) is 9.59 Å². The third-order valence-corrected chi connectivity index (χ3v) is 4.89. The molecule has 0 saturated carbocycles. The van der Waals surface area contributed by atoms with Gasteiger partial charge in [-0.25, -0.2) is 0 Å². The van der Waals surface area contributed by atoms with Crippen molar-refractivity contribution in [3.8, 4) is 0 Å². The molecule has 0 aromatic heterocycles. The van der Waals surface area contributed by atoms with E-state index in [1.807, 2.05) is 43.4 Å². The van der Waals surface area contributed by atoms with Gasteiger partial charge < -0.3 is 9.16 Å². The van der Waals surface area contributed by atoms with Crippen molar-refractivity contribution in [1.82, 2.24) is 0 Å². The number of benzene rings is 1. The zero-order valence-corrected chi connectivity index (χ0v) is 13.3. The van der Waals surface area contributed by atoms with E-state index in [4.69, 9.17) is 4.43 Å². The molecule has 5 heteroatoms. The molecule has 0 aliphatic rings. The summed E-state index contributed by atoms with van der Waals surface area (Å²) in [5.41, 5.74) is 1.19. The van der Waals surface area contributed by atoms with Crippen LogP contribution in [0, 0.1) is 0 Å². The molecule has 0 N–H and O–H groups in total. The first-order valence-electron chi connectivity index (χ1n) is 6.75. The molecule has 0 bridgehead atoms. The topological polar surface area (TPSA) is 52.6 Å². The van der Waals surface area contributed by atoms with Gasteiger partial charge in [0.15, 0.2) is 0 Å². The van der Waals surface area contributed by atoms with Crippen LogP contribution in [0.2, 0.25) is 13.1 Å². The molecule has 0 heterocycles. The van der Waals surface area contributed by atoms with Crippen LogP contribution in [-0.4, -0.2) is 27.4 Å². The normalized spacial score (nSPS) is 10.9. The van der Waals surface area contributed by atoms with Crippen LogP contribution in [0.25, 0.3) is 0 Å². The number of esters is 1. The summed E-state index contributed by atoms with van der Waals surface area (Å²) in [6, 6.07) is 10.8. The van der Waals surface area contributed by atoms with E-state index in [-0.39, 0.29) is 24.8 Å². The predicted octanol–water partition coefficient (Wildman–Crippen LogP) is 2.86. The molecule has 110 valence electrons. The summed E-state index contributed by atoms with van der Waals surface area (Å²) in [7, 11) is -0.715. The lowest BCUT2D eigenvalue weighted by Gasteiger charge is -2.22. The largest absolute Gasteiger partial charge is 0.519 e. The molecule has 0 saturated heterocycles. The summed E-state index contributed by atoms with van der Waals surface area (Å²) in [5.74, 6) is -0.514. The summed E-state index contributed by atoms with van der Waals surface area (Å²) in [6.45, 7) is 4.05. The molecule has 0 aliphatic heterocycles. The van der Waals surface area contributed by atoms with Gasteiger partial charge in [0.25, 0.3) is 14.3 Å². The molecule has 0 radical (unpaired) electrons. The SMILES string of the molecule is COC(=O)CCCC(=O)O[Si](C)(C)Cc1ccccc1. The van der Waals surface area contributed by atoms with Crippen molar-refractivity contribution in [2.24, 2.45) is 0 Å². The summed E-state index contributed by atoms with van der Waals surface area (Å²) < 4.78 is 10.1. The molecular formula is C15H22O4Si. The molecule has 4 nitrogen and oxygen atoms in total. The van der Waals surface area contributed by atoms with E-state index < -0.39 is 8.32 Å². The number of rotatable bonds is 7. The lowest BCUT2D eigenvalue weighted by Crippen LogP contribution is -2.36. The fourth-order valence-electron chi connectivity index (χ4n) is 1.96.